The lowest BCUT2D eigenvalue weighted by atomic mass is 9.91. The van der Waals surface area contributed by atoms with Crippen molar-refractivity contribution in [1.29, 1.82) is 0 Å². The number of aromatic hydroxyl groups is 1. The number of benzene rings is 2. The molecule has 1 fully saturated rings. The first kappa shape index (κ1) is 32.0. The molecule has 1 saturated carbocycles. The van der Waals surface area contributed by atoms with Gasteiger partial charge in [0, 0.05) is 18.5 Å². The molecule has 0 radical (unpaired) electrons. The Kier molecular flexibility index (Phi) is 10.8. The molecule has 3 N–H and O–H groups in total. The van der Waals surface area contributed by atoms with Gasteiger partial charge in [0.05, 0.1) is 0 Å². The van der Waals surface area contributed by atoms with Gasteiger partial charge in [-0.2, -0.15) is 0 Å². The second-order valence-electron chi connectivity index (χ2n) is 12.5. The van der Waals surface area contributed by atoms with Crippen LogP contribution in [0.2, 0.25) is 0 Å². The Labute approximate surface area is 244 Å². The summed E-state index contributed by atoms with van der Waals surface area (Å²) in [6, 6.07) is 10.2. The highest BCUT2D eigenvalue weighted by Gasteiger charge is 2.39. The second-order valence-corrected chi connectivity index (χ2v) is 12.5. The fourth-order valence-corrected chi connectivity index (χ4v) is 5.56. The highest BCUT2D eigenvalue weighted by atomic mass is 16.6. The molecule has 0 aliphatic heterocycles. The van der Waals surface area contributed by atoms with Gasteiger partial charge < -0.3 is 25.4 Å². The summed E-state index contributed by atoms with van der Waals surface area (Å²) in [6.07, 6.45) is 4.59. The first-order valence-corrected chi connectivity index (χ1v) is 14.7. The third kappa shape index (κ3) is 8.97. The van der Waals surface area contributed by atoms with E-state index in [-0.39, 0.29) is 36.1 Å². The van der Waals surface area contributed by atoms with Crippen LogP contribution >= 0.6 is 0 Å². The number of hydrogen-bond acceptors (Lipinski definition) is 5. The van der Waals surface area contributed by atoms with Gasteiger partial charge in [0.15, 0.2) is 0 Å². The van der Waals surface area contributed by atoms with Crippen molar-refractivity contribution >= 4 is 17.9 Å². The van der Waals surface area contributed by atoms with Gasteiger partial charge >= 0.3 is 6.09 Å². The number of amides is 3. The predicted molar refractivity (Wildman–Crippen MR) is 161 cm³/mol. The van der Waals surface area contributed by atoms with E-state index < -0.39 is 23.8 Å². The largest absolute Gasteiger partial charge is 0.508 e. The molecule has 0 saturated heterocycles. The summed E-state index contributed by atoms with van der Waals surface area (Å²) in [4.78, 5) is 43.2. The van der Waals surface area contributed by atoms with Crippen LogP contribution in [0, 0.1) is 13.8 Å². The number of nitrogens with zero attached hydrogens (tertiary/aromatic N) is 1. The Bertz CT molecular complexity index is 1180. The van der Waals surface area contributed by atoms with E-state index in [4.69, 9.17) is 4.74 Å². The van der Waals surface area contributed by atoms with Crippen LogP contribution in [0.3, 0.4) is 0 Å². The minimum absolute atomic E-state index is 0.0693. The van der Waals surface area contributed by atoms with Crippen molar-refractivity contribution in [3.63, 3.8) is 0 Å². The van der Waals surface area contributed by atoms with Crippen LogP contribution in [-0.4, -0.2) is 51.6 Å². The maximum absolute atomic E-state index is 14.5. The Morgan fingerprint density at radius 2 is 1.56 bits per heavy atom. The summed E-state index contributed by atoms with van der Waals surface area (Å²) < 4.78 is 5.51. The molecule has 0 heterocycles. The molecule has 0 bridgehead atoms. The summed E-state index contributed by atoms with van der Waals surface area (Å²) in [5.41, 5.74) is 2.62. The maximum Gasteiger partial charge on any atom is 0.408 e. The maximum atomic E-state index is 14.5. The van der Waals surface area contributed by atoms with E-state index >= 15 is 0 Å². The molecule has 8 heteroatoms. The number of carbonyl (C=O) groups excluding carboxylic acids is 3. The number of hydrogen-bond donors (Lipinski definition) is 3. The lowest BCUT2D eigenvalue weighted by Crippen LogP contribution is -2.56. The van der Waals surface area contributed by atoms with Gasteiger partial charge in [-0.15, -0.1) is 0 Å². The molecule has 1 aliphatic rings. The fourth-order valence-electron chi connectivity index (χ4n) is 5.56. The SMILES string of the molecule is Cc1cccc(C)c1C(C(=O)NC1CCCCC1)N(C(=O)C(Cc1ccc(O)cc1)NC(=O)OC(C)(C)C)C(C)C. The van der Waals surface area contributed by atoms with E-state index in [9.17, 15) is 19.5 Å². The predicted octanol–water partition coefficient (Wildman–Crippen LogP) is 5.87. The number of rotatable bonds is 9. The van der Waals surface area contributed by atoms with Crippen LogP contribution in [0.4, 0.5) is 4.79 Å². The number of phenols is 1. The Balaban J connectivity index is 2.05. The zero-order valence-electron chi connectivity index (χ0n) is 25.6. The molecule has 2 aromatic rings. The average molecular weight is 566 g/mol. The smallest absolute Gasteiger partial charge is 0.408 e. The number of aryl methyl sites for hydroxylation is 2. The normalized spacial score (nSPS) is 15.6. The summed E-state index contributed by atoms with van der Waals surface area (Å²) in [7, 11) is 0. The van der Waals surface area contributed by atoms with E-state index in [0.717, 1.165) is 47.9 Å². The van der Waals surface area contributed by atoms with E-state index in [2.05, 4.69) is 10.6 Å². The Morgan fingerprint density at radius 3 is 2.10 bits per heavy atom. The number of carbonyl (C=O) groups is 3. The van der Waals surface area contributed by atoms with Crippen molar-refractivity contribution in [1.82, 2.24) is 15.5 Å². The van der Waals surface area contributed by atoms with Crippen LogP contribution in [-0.2, 0) is 20.7 Å². The van der Waals surface area contributed by atoms with Gasteiger partial charge in [-0.05, 0) is 95.7 Å². The summed E-state index contributed by atoms with van der Waals surface area (Å²) in [5, 5.41) is 15.8. The molecule has 0 spiro atoms. The lowest BCUT2D eigenvalue weighted by molar-refractivity contribution is -0.145. The first-order chi connectivity index (χ1) is 19.3. The molecule has 1 aliphatic carbocycles. The van der Waals surface area contributed by atoms with Crippen molar-refractivity contribution in [3.05, 3.63) is 64.7 Å². The highest BCUT2D eigenvalue weighted by molar-refractivity contribution is 5.93. The third-order valence-electron chi connectivity index (χ3n) is 7.47. The number of nitrogens with one attached hydrogen (secondary N) is 2. The number of phenolic OH excluding ortho intramolecular Hbond substituents is 1. The van der Waals surface area contributed by atoms with E-state index in [0.29, 0.717) is 0 Å². The van der Waals surface area contributed by atoms with Crippen LogP contribution in [0.25, 0.3) is 0 Å². The Hall–Kier alpha value is -3.55. The average Bonchev–Trinajstić information content (AvgIpc) is 2.88. The van der Waals surface area contributed by atoms with Crippen molar-refractivity contribution in [3.8, 4) is 5.75 Å². The van der Waals surface area contributed by atoms with Crippen molar-refractivity contribution in [2.75, 3.05) is 0 Å². The summed E-state index contributed by atoms with van der Waals surface area (Å²) in [5.74, 6) is -0.489. The van der Waals surface area contributed by atoms with Gasteiger partial charge in [0.25, 0.3) is 0 Å². The second kappa shape index (κ2) is 13.9. The molecule has 8 nitrogen and oxygen atoms in total. The lowest BCUT2D eigenvalue weighted by Gasteiger charge is -2.39. The van der Waals surface area contributed by atoms with Gasteiger partial charge in [-0.3, -0.25) is 9.59 Å². The quantitative estimate of drug-likeness (QED) is 0.352. The van der Waals surface area contributed by atoms with Gasteiger partial charge in [-0.25, -0.2) is 4.79 Å². The zero-order valence-corrected chi connectivity index (χ0v) is 25.6. The monoisotopic (exact) mass is 565 g/mol. The van der Waals surface area contributed by atoms with Gasteiger partial charge in [0.2, 0.25) is 11.8 Å². The molecular weight excluding hydrogens is 518 g/mol. The fraction of sp³-hybridized carbons (Fsp3) is 0.545. The first-order valence-electron chi connectivity index (χ1n) is 14.7. The summed E-state index contributed by atoms with van der Waals surface area (Å²) in [6.45, 7) is 13.0. The van der Waals surface area contributed by atoms with E-state index in [1.165, 1.54) is 6.42 Å². The van der Waals surface area contributed by atoms with E-state index in [1.54, 1.807) is 49.9 Å². The number of ether oxygens (including phenoxy) is 1. The minimum Gasteiger partial charge on any atom is -0.508 e. The Morgan fingerprint density at radius 1 is 0.976 bits per heavy atom. The van der Waals surface area contributed by atoms with E-state index in [1.807, 2.05) is 45.9 Å². The van der Waals surface area contributed by atoms with Crippen molar-refractivity contribution in [2.45, 2.75) is 117 Å². The molecule has 2 aromatic carbocycles. The van der Waals surface area contributed by atoms with Crippen LogP contribution in [0.5, 0.6) is 5.75 Å². The van der Waals surface area contributed by atoms with Crippen molar-refractivity contribution in [2.24, 2.45) is 0 Å². The summed E-state index contributed by atoms with van der Waals surface area (Å²) >= 11 is 0. The molecule has 224 valence electrons. The molecular formula is C33H47N3O5. The molecule has 2 unspecified atom stereocenters. The van der Waals surface area contributed by atoms with Crippen LogP contribution in [0.1, 0.15) is 95.0 Å². The minimum atomic E-state index is -1.01. The molecule has 41 heavy (non-hydrogen) atoms. The molecule has 3 amide bonds. The topological polar surface area (TPSA) is 108 Å². The van der Waals surface area contributed by atoms with Crippen LogP contribution < -0.4 is 10.6 Å². The standard InChI is InChI=1S/C33H47N3O5/c1-21(2)36(29(28-22(3)12-11-13-23(28)4)30(38)34-25-14-9-8-10-15-25)31(39)27(35-32(40)41-33(5,6)7)20-24-16-18-26(37)19-17-24/h11-13,16-19,21,25,27,29,37H,8-10,14-15,20H2,1-7H3,(H,34,38)(H,35,40). The molecule has 0 aromatic heterocycles. The van der Waals surface area contributed by atoms with Gasteiger partial charge in [-0.1, -0.05) is 49.6 Å². The van der Waals surface area contributed by atoms with Gasteiger partial charge in [0.1, 0.15) is 23.4 Å². The molecule has 3 rings (SSSR count). The molecule has 2 atom stereocenters. The number of alkyl carbamates (subject to hydrolysis) is 1. The highest BCUT2D eigenvalue weighted by Crippen LogP contribution is 2.31. The zero-order chi connectivity index (χ0) is 30.3. The van der Waals surface area contributed by atoms with Crippen LogP contribution in [0.15, 0.2) is 42.5 Å². The third-order valence-corrected chi connectivity index (χ3v) is 7.47. The van der Waals surface area contributed by atoms with Crippen molar-refractivity contribution < 1.29 is 24.2 Å².